The lowest BCUT2D eigenvalue weighted by Crippen LogP contribution is -2.46. The van der Waals surface area contributed by atoms with E-state index in [9.17, 15) is 14.0 Å². The van der Waals surface area contributed by atoms with Gasteiger partial charge in [-0.3, -0.25) is 14.2 Å². The molecule has 0 saturated carbocycles. The number of fused-ring (bicyclic) bond motifs is 2. The predicted molar refractivity (Wildman–Crippen MR) is 98.3 cm³/mol. The van der Waals surface area contributed by atoms with Crippen molar-refractivity contribution in [2.45, 2.75) is 38.3 Å². The fraction of sp³-hybridized carbons (Fsp3) is 0.333. The normalized spacial score (nSPS) is 21.4. The predicted octanol–water partition coefficient (Wildman–Crippen LogP) is 2.10. The van der Waals surface area contributed by atoms with Crippen molar-refractivity contribution in [1.29, 1.82) is 0 Å². The zero-order chi connectivity index (χ0) is 19.2. The van der Waals surface area contributed by atoms with Crippen molar-refractivity contribution in [3.05, 3.63) is 52.0 Å². The lowest BCUT2D eigenvalue weighted by atomic mass is 10.0. The number of aromatic nitrogens is 3. The molecule has 0 fully saturated rings. The maximum absolute atomic E-state index is 14.2. The fourth-order valence-corrected chi connectivity index (χ4v) is 3.75. The van der Waals surface area contributed by atoms with E-state index in [0.717, 1.165) is 0 Å². The number of rotatable bonds is 2. The van der Waals surface area contributed by atoms with Crippen molar-refractivity contribution in [3.8, 4) is 0 Å². The lowest BCUT2D eigenvalue weighted by molar-refractivity contribution is 0.0934. The first-order valence-corrected chi connectivity index (χ1v) is 8.71. The van der Waals surface area contributed by atoms with Gasteiger partial charge in [-0.2, -0.15) is 0 Å². The van der Waals surface area contributed by atoms with Crippen molar-refractivity contribution in [2.75, 3.05) is 11.1 Å². The highest BCUT2D eigenvalue weighted by Gasteiger charge is 2.44. The summed E-state index contributed by atoms with van der Waals surface area (Å²) in [5.41, 5.74) is 5.12. The summed E-state index contributed by atoms with van der Waals surface area (Å²) in [5, 5.41) is 5.75. The largest absolute Gasteiger partial charge is 0.384 e. The summed E-state index contributed by atoms with van der Waals surface area (Å²) in [6.45, 7) is 1.74. The van der Waals surface area contributed by atoms with Gasteiger partial charge in [-0.1, -0.05) is 0 Å². The fourth-order valence-electron chi connectivity index (χ4n) is 3.75. The summed E-state index contributed by atoms with van der Waals surface area (Å²) < 4.78 is 15.6. The molecule has 27 heavy (non-hydrogen) atoms. The minimum absolute atomic E-state index is 0.225. The Bertz CT molecular complexity index is 1030. The Labute approximate surface area is 154 Å². The number of carbonyl (C=O) groups excluding carboxylic acids is 1. The average molecular weight is 370 g/mol. The standard InChI is InChI=1S/C18H19FN6O2/c1-10-6-12(23-14-7-13(20)21-9-22-14)17(27)25-15(10)16(26)24-18(25)5-3-2-4-11(19)8-18/h6-9H,2-5H2,1H3,(H,24,26)(H3,20,21,22,23). The molecule has 0 saturated heterocycles. The number of hydrogen-bond donors (Lipinski definition) is 3. The number of allylic oxidation sites excluding steroid dienone is 1. The van der Waals surface area contributed by atoms with E-state index in [-0.39, 0.29) is 28.9 Å². The summed E-state index contributed by atoms with van der Waals surface area (Å²) in [7, 11) is 0. The van der Waals surface area contributed by atoms with Gasteiger partial charge in [0.25, 0.3) is 11.5 Å². The van der Waals surface area contributed by atoms with Crippen molar-refractivity contribution >= 4 is 23.2 Å². The van der Waals surface area contributed by atoms with Crippen LogP contribution in [0.25, 0.3) is 0 Å². The van der Waals surface area contributed by atoms with Crippen LogP contribution in [-0.4, -0.2) is 20.4 Å². The Morgan fingerprint density at radius 1 is 1.30 bits per heavy atom. The van der Waals surface area contributed by atoms with Crippen molar-refractivity contribution < 1.29 is 9.18 Å². The molecule has 3 heterocycles. The highest BCUT2D eigenvalue weighted by molar-refractivity contribution is 5.97. The molecule has 2 aromatic rings. The summed E-state index contributed by atoms with van der Waals surface area (Å²) in [5.74, 6) is -0.0958. The first-order valence-electron chi connectivity index (χ1n) is 8.71. The molecule has 1 aliphatic heterocycles. The van der Waals surface area contributed by atoms with Crippen molar-refractivity contribution in [2.24, 2.45) is 0 Å². The maximum Gasteiger partial charge on any atom is 0.277 e. The molecule has 140 valence electrons. The van der Waals surface area contributed by atoms with Crippen LogP contribution in [0, 0.1) is 6.92 Å². The van der Waals surface area contributed by atoms with Crippen LogP contribution in [0.5, 0.6) is 0 Å². The van der Waals surface area contributed by atoms with Gasteiger partial charge in [0.2, 0.25) is 0 Å². The third-order valence-corrected chi connectivity index (χ3v) is 4.91. The maximum atomic E-state index is 14.2. The second-order valence-corrected chi connectivity index (χ2v) is 6.86. The van der Waals surface area contributed by atoms with Crippen LogP contribution in [-0.2, 0) is 5.66 Å². The van der Waals surface area contributed by atoms with E-state index in [2.05, 4.69) is 20.6 Å². The third kappa shape index (κ3) is 2.84. The third-order valence-electron chi connectivity index (χ3n) is 4.91. The molecule has 1 unspecified atom stereocenters. The number of amides is 1. The quantitative estimate of drug-likeness (QED) is 0.746. The molecule has 1 aliphatic carbocycles. The molecule has 1 atom stereocenters. The molecule has 0 aromatic carbocycles. The van der Waals surface area contributed by atoms with Crippen LogP contribution < -0.4 is 21.9 Å². The Balaban J connectivity index is 1.88. The zero-order valence-corrected chi connectivity index (χ0v) is 14.8. The van der Waals surface area contributed by atoms with Crippen LogP contribution in [0.3, 0.4) is 0 Å². The average Bonchev–Trinajstić information content (AvgIpc) is 2.75. The molecule has 8 nitrogen and oxygen atoms in total. The second-order valence-electron chi connectivity index (χ2n) is 6.86. The van der Waals surface area contributed by atoms with E-state index in [1.165, 1.54) is 23.0 Å². The number of nitrogens with one attached hydrogen (secondary N) is 2. The Morgan fingerprint density at radius 3 is 2.89 bits per heavy atom. The first kappa shape index (κ1) is 17.2. The van der Waals surface area contributed by atoms with Gasteiger partial charge in [-0.05, 0) is 50.3 Å². The minimum Gasteiger partial charge on any atom is -0.384 e. The van der Waals surface area contributed by atoms with E-state index >= 15 is 0 Å². The van der Waals surface area contributed by atoms with Gasteiger partial charge in [0.1, 0.15) is 40.8 Å². The number of aryl methyl sites for hydroxylation is 1. The number of halogens is 1. The highest BCUT2D eigenvalue weighted by Crippen LogP contribution is 2.35. The lowest BCUT2D eigenvalue weighted by Gasteiger charge is -2.28. The van der Waals surface area contributed by atoms with Gasteiger partial charge in [-0.25, -0.2) is 14.4 Å². The number of nitrogens with zero attached hydrogens (tertiary/aromatic N) is 3. The summed E-state index contributed by atoms with van der Waals surface area (Å²) in [6, 6.07) is 3.08. The Kier molecular flexibility index (Phi) is 3.94. The minimum atomic E-state index is -1.18. The van der Waals surface area contributed by atoms with E-state index in [1.54, 1.807) is 13.0 Å². The molecule has 0 radical (unpaired) electrons. The zero-order valence-electron chi connectivity index (χ0n) is 14.8. The van der Waals surface area contributed by atoms with Crippen LogP contribution in [0.4, 0.5) is 21.7 Å². The van der Waals surface area contributed by atoms with Gasteiger partial charge in [0.05, 0.1) is 0 Å². The summed E-state index contributed by atoms with van der Waals surface area (Å²) in [6.07, 6.45) is 4.75. The molecule has 0 bridgehead atoms. The van der Waals surface area contributed by atoms with Crippen molar-refractivity contribution in [1.82, 2.24) is 19.9 Å². The topological polar surface area (TPSA) is 115 Å². The van der Waals surface area contributed by atoms with Gasteiger partial charge in [0.15, 0.2) is 0 Å². The van der Waals surface area contributed by atoms with Crippen LogP contribution in [0.2, 0.25) is 0 Å². The van der Waals surface area contributed by atoms with E-state index in [4.69, 9.17) is 5.73 Å². The number of anilines is 3. The molecular formula is C18H19FN6O2. The monoisotopic (exact) mass is 370 g/mol. The molecule has 1 amide bonds. The number of pyridine rings is 1. The molecule has 2 aliphatic rings. The van der Waals surface area contributed by atoms with Gasteiger partial charge in [0, 0.05) is 6.07 Å². The van der Waals surface area contributed by atoms with E-state index < -0.39 is 11.2 Å². The number of hydrogen-bond acceptors (Lipinski definition) is 6. The Hall–Kier alpha value is -3.23. The van der Waals surface area contributed by atoms with Crippen LogP contribution in [0.1, 0.15) is 41.7 Å². The van der Waals surface area contributed by atoms with E-state index in [1.807, 2.05) is 0 Å². The van der Waals surface area contributed by atoms with Crippen molar-refractivity contribution in [3.63, 3.8) is 0 Å². The number of carbonyl (C=O) groups is 1. The molecular weight excluding hydrogens is 351 g/mol. The van der Waals surface area contributed by atoms with Gasteiger partial charge >= 0.3 is 0 Å². The summed E-state index contributed by atoms with van der Waals surface area (Å²) >= 11 is 0. The Morgan fingerprint density at radius 2 is 2.11 bits per heavy atom. The van der Waals surface area contributed by atoms with Gasteiger partial charge < -0.3 is 16.4 Å². The first-order chi connectivity index (χ1) is 12.9. The molecule has 2 aromatic heterocycles. The summed E-state index contributed by atoms with van der Waals surface area (Å²) in [4.78, 5) is 33.6. The number of nitrogens with two attached hydrogens (primary N) is 1. The SMILES string of the molecule is Cc1cc(Nc2cc(N)ncn2)c(=O)n2c1C(=O)NC21C=C(F)CCCC1. The van der Waals surface area contributed by atoms with E-state index in [0.29, 0.717) is 37.1 Å². The molecule has 4 N–H and O–H groups in total. The van der Waals surface area contributed by atoms with Crippen LogP contribution in [0.15, 0.2) is 35.2 Å². The molecule has 9 heteroatoms. The number of nitrogen functional groups attached to an aromatic ring is 1. The second kappa shape index (κ2) is 6.19. The smallest absolute Gasteiger partial charge is 0.277 e. The van der Waals surface area contributed by atoms with Gasteiger partial charge in [-0.15, -0.1) is 0 Å². The molecule has 1 spiro atoms. The molecule has 4 rings (SSSR count). The van der Waals surface area contributed by atoms with Crippen LogP contribution >= 0.6 is 0 Å². The highest BCUT2D eigenvalue weighted by atomic mass is 19.1.